The minimum atomic E-state index is 0.303. The normalized spacial score (nSPS) is 40.1. The summed E-state index contributed by atoms with van der Waals surface area (Å²) in [6, 6.07) is 0.869. The van der Waals surface area contributed by atoms with Gasteiger partial charge in [0.05, 0.1) is 0 Å². The van der Waals surface area contributed by atoms with Gasteiger partial charge in [-0.2, -0.15) is 0 Å². The molecule has 0 bridgehead atoms. The van der Waals surface area contributed by atoms with E-state index in [4.69, 9.17) is 0 Å². The zero-order chi connectivity index (χ0) is 11.7. The van der Waals surface area contributed by atoms with Crippen LogP contribution in [0.3, 0.4) is 0 Å². The fraction of sp³-hybridized carbons (Fsp3) is 0.923. The maximum atomic E-state index is 12.4. The van der Waals surface area contributed by atoms with Gasteiger partial charge in [0.1, 0.15) is 0 Å². The number of nitrogens with zero attached hydrogens (tertiary/aromatic N) is 1. The molecule has 3 heteroatoms. The van der Waals surface area contributed by atoms with E-state index in [1.54, 1.807) is 0 Å². The van der Waals surface area contributed by atoms with Crippen molar-refractivity contribution < 1.29 is 4.79 Å². The van der Waals surface area contributed by atoms with Gasteiger partial charge in [0.2, 0.25) is 5.91 Å². The van der Waals surface area contributed by atoms with Gasteiger partial charge in [-0.1, -0.05) is 13.3 Å². The molecule has 1 saturated carbocycles. The Kier molecular flexibility index (Phi) is 3.53. The van der Waals surface area contributed by atoms with Crippen molar-refractivity contribution in [3.63, 3.8) is 0 Å². The molecular weight excluding hydrogens is 200 g/mol. The van der Waals surface area contributed by atoms with Crippen molar-refractivity contribution in [1.82, 2.24) is 10.2 Å². The lowest BCUT2D eigenvalue weighted by Crippen LogP contribution is -2.57. The van der Waals surface area contributed by atoms with Gasteiger partial charge >= 0.3 is 0 Å². The quantitative estimate of drug-likeness (QED) is 0.734. The van der Waals surface area contributed by atoms with Gasteiger partial charge in [0.15, 0.2) is 0 Å². The maximum Gasteiger partial charge on any atom is 0.226 e. The Bertz CT molecular complexity index is 257. The number of piperazine rings is 1. The van der Waals surface area contributed by atoms with Crippen molar-refractivity contribution >= 4 is 5.91 Å². The predicted molar refractivity (Wildman–Crippen MR) is 65.1 cm³/mol. The van der Waals surface area contributed by atoms with Gasteiger partial charge < -0.3 is 10.2 Å². The van der Waals surface area contributed by atoms with Crippen LogP contribution in [0, 0.1) is 11.8 Å². The Balaban J connectivity index is 1.98. The molecule has 2 rings (SSSR count). The van der Waals surface area contributed by atoms with Crippen LogP contribution in [-0.2, 0) is 4.79 Å². The molecule has 92 valence electrons. The SMILES string of the molecule is CC1CN(C(=O)C2CCCC2C)CC(C)N1. The molecule has 0 aromatic carbocycles. The van der Waals surface area contributed by atoms with Crippen LogP contribution in [-0.4, -0.2) is 36.0 Å². The molecule has 1 amide bonds. The average molecular weight is 224 g/mol. The number of rotatable bonds is 1. The second kappa shape index (κ2) is 4.74. The second-order valence-electron chi connectivity index (χ2n) is 5.73. The summed E-state index contributed by atoms with van der Waals surface area (Å²) in [4.78, 5) is 14.5. The van der Waals surface area contributed by atoms with Crippen molar-refractivity contribution in [2.45, 2.75) is 52.1 Å². The van der Waals surface area contributed by atoms with Crippen LogP contribution in [0.15, 0.2) is 0 Å². The molecule has 3 nitrogen and oxygen atoms in total. The Morgan fingerprint density at radius 1 is 1.12 bits per heavy atom. The zero-order valence-corrected chi connectivity index (χ0v) is 10.7. The first-order chi connectivity index (χ1) is 7.58. The maximum absolute atomic E-state index is 12.4. The molecule has 4 atom stereocenters. The Morgan fingerprint density at radius 2 is 1.75 bits per heavy atom. The summed E-state index contributed by atoms with van der Waals surface area (Å²) in [5.41, 5.74) is 0. The summed E-state index contributed by atoms with van der Waals surface area (Å²) >= 11 is 0. The van der Waals surface area contributed by atoms with E-state index < -0.39 is 0 Å². The molecule has 2 aliphatic rings. The molecule has 1 aliphatic carbocycles. The zero-order valence-electron chi connectivity index (χ0n) is 10.7. The van der Waals surface area contributed by atoms with Gasteiger partial charge in [-0.3, -0.25) is 4.79 Å². The molecule has 1 heterocycles. The van der Waals surface area contributed by atoms with Crippen LogP contribution < -0.4 is 5.32 Å². The molecule has 16 heavy (non-hydrogen) atoms. The van der Waals surface area contributed by atoms with Crippen molar-refractivity contribution in [3.05, 3.63) is 0 Å². The molecule has 0 spiro atoms. The summed E-state index contributed by atoms with van der Waals surface area (Å²) in [6.07, 6.45) is 3.56. The summed E-state index contributed by atoms with van der Waals surface area (Å²) < 4.78 is 0. The van der Waals surface area contributed by atoms with Crippen molar-refractivity contribution in [2.24, 2.45) is 11.8 Å². The van der Waals surface area contributed by atoms with Crippen LogP contribution in [0.2, 0.25) is 0 Å². The number of carbonyl (C=O) groups excluding carboxylic acids is 1. The largest absolute Gasteiger partial charge is 0.339 e. The standard InChI is InChI=1S/C13H24N2O/c1-9-5-4-6-12(9)13(16)15-7-10(2)14-11(3)8-15/h9-12,14H,4-8H2,1-3H3. The molecule has 2 fully saturated rings. The third-order valence-corrected chi connectivity index (χ3v) is 4.05. The average Bonchev–Trinajstić information content (AvgIpc) is 2.62. The van der Waals surface area contributed by atoms with Gasteiger partial charge in [-0.15, -0.1) is 0 Å². The Labute approximate surface area is 98.6 Å². The minimum absolute atomic E-state index is 0.303. The van der Waals surface area contributed by atoms with Crippen LogP contribution in [0.4, 0.5) is 0 Å². The minimum Gasteiger partial charge on any atom is -0.339 e. The first-order valence-corrected chi connectivity index (χ1v) is 6.62. The molecule has 1 N–H and O–H groups in total. The third-order valence-electron chi connectivity index (χ3n) is 4.05. The van der Waals surface area contributed by atoms with E-state index in [1.807, 2.05) is 0 Å². The highest BCUT2D eigenvalue weighted by Crippen LogP contribution is 2.32. The van der Waals surface area contributed by atoms with Crippen LogP contribution in [0.5, 0.6) is 0 Å². The summed E-state index contributed by atoms with van der Waals surface area (Å²) in [7, 11) is 0. The van der Waals surface area contributed by atoms with Gasteiger partial charge in [-0.25, -0.2) is 0 Å². The molecule has 1 saturated heterocycles. The van der Waals surface area contributed by atoms with Crippen LogP contribution in [0.1, 0.15) is 40.0 Å². The lowest BCUT2D eigenvalue weighted by molar-refractivity contribution is -0.138. The highest BCUT2D eigenvalue weighted by Gasteiger charge is 2.35. The predicted octanol–water partition coefficient (Wildman–Crippen LogP) is 1.63. The molecule has 0 aromatic rings. The molecule has 0 aromatic heterocycles. The van der Waals surface area contributed by atoms with Gasteiger partial charge in [0.25, 0.3) is 0 Å². The van der Waals surface area contributed by atoms with Crippen LogP contribution in [0.25, 0.3) is 0 Å². The third kappa shape index (κ3) is 2.40. The Morgan fingerprint density at radius 3 is 2.25 bits per heavy atom. The summed E-state index contributed by atoms with van der Waals surface area (Å²) in [6.45, 7) is 8.31. The van der Waals surface area contributed by atoms with E-state index in [9.17, 15) is 4.79 Å². The van der Waals surface area contributed by atoms with E-state index in [2.05, 4.69) is 31.0 Å². The Hall–Kier alpha value is -0.570. The van der Waals surface area contributed by atoms with Crippen LogP contribution >= 0.6 is 0 Å². The number of hydrogen-bond donors (Lipinski definition) is 1. The van der Waals surface area contributed by atoms with E-state index in [0.29, 0.717) is 29.8 Å². The topological polar surface area (TPSA) is 32.3 Å². The van der Waals surface area contributed by atoms with E-state index in [1.165, 1.54) is 12.8 Å². The summed E-state index contributed by atoms with van der Waals surface area (Å²) in [5.74, 6) is 1.30. The lowest BCUT2D eigenvalue weighted by atomic mass is 9.95. The monoisotopic (exact) mass is 224 g/mol. The number of nitrogens with one attached hydrogen (secondary N) is 1. The summed E-state index contributed by atoms with van der Waals surface area (Å²) in [5, 5.41) is 3.47. The van der Waals surface area contributed by atoms with Gasteiger partial charge in [-0.05, 0) is 32.6 Å². The van der Waals surface area contributed by atoms with Crippen molar-refractivity contribution in [2.75, 3.05) is 13.1 Å². The number of carbonyl (C=O) groups is 1. The fourth-order valence-electron chi connectivity index (χ4n) is 3.25. The number of hydrogen-bond acceptors (Lipinski definition) is 2. The first-order valence-electron chi connectivity index (χ1n) is 6.62. The highest BCUT2D eigenvalue weighted by molar-refractivity contribution is 5.79. The number of amides is 1. The fourth-order valence-corrected chi connectivity index (χ4v) is 3.25. The van der Waals surface area contributed by atoms with Crippen molar-refractivity contribution in [1.29, 1.82) is 0 Å². The second-order valence-corrected chi connectivity index (χ2v) is 5.73. The molecule has 0 radical (unpaired) electrons. The van der Waals surface area contributed by atoms with E-state index >= 15 is 0 Å². The molecule has 1 aliphatic heterocycles. The smallest absolute Gasteiger partial charge is 0.226 e. The van der Waals surface area contributed by atoms with Gasteiger partial charge in [0, 0.05) is 31.1 Å². The van der Waals surface area contributed by atoms with E-state index in [-0.39, 0.29) is 0 Å². The molecule has 4 unspecified atom stereocenters. The first kappa shape index (κ1) is 11.9. The lowest BCUT2D eigenvalue weighted by Gasteiger charge is -2.38. The highest BCUT2D eigenvalue weighted by atomic mass is 16.2. The van der Waals surface area contributed by atoms with Crippen molar-refractivity contribution in [3.8, 4) is 0 Å². The molecular formula is C13H24N2O. The van der Waals surface area contributed by atoms with E-state index in [0.717, 1.165) is 19.5 Å².